The quantitative estimate of drug-likeness (QED) is 0.574. The van der Waals surface area contributed by atoms with E-state index in [9.17, 15) is 0 Å². The van der Waals surface area contributed by atoms with Gasteiger partial charge in [-0.15, -0.1) is 18.3 Å². The highest BCUT2D eigenvalue weighted by molar-refractivity contribution is 8.00. The molecule has 0 aliphatic heterocycles. The second kappa shape index (κ2) is 7.48. The second-order valence-corrected chi connectivity index (χ2v) is 6.62. The van der Waals surface area contributed by atoms with Crippen molar-refractivity contribution < 1.29 is 0 Å². The van der Waals surface area contributed by atoms with E-state index in [0.717, 1.165) is 18.6 Å². The van der Waals surface area contributed by atoms with Crippen LogP contribution in [0.4, 0.5) is 0 Å². The van der Waals surface area contributed by atoms with Crippen LogP contribution in [0, 0.1) is 0 Å². The van der Waals surface area contributed by atoms with Gasteiger partial charge in [0, 0.05) is 10.5 Å². The van der Waals surface area contributed by atoms with Crippen molar-refractivity contribution in [2.75, 3.05) is 0 Å². The summed E-state index contributed by atoms with van der Waals surface area (Å²) in [5.74, 6) is 1.05. The van der Waals surface area contributed by atoms with Crippen LogP contribution < -0.4 is 0 Å². The Balaban J connectivity index is 2.49. The highest BCUT2D eigenvalue weighted by Crippen LogP contribution is 2.34. The molecule has 98 valence electrons. The van der Waals surface area contributed by atoms with Gasteiger partial charge in [0.2, 0.25) is 0 Å². The summed E-state index contributed by atoms with van der Waals surface area (Å²) in [5.41, 5.74) is 2.78. The summed E-state index contributed by atoms with van der Waals surface area (Å²) >= 11 is 1.98. The standard InChI is InChI=1S/C17H24S/c1-5-17(4,13-9-10-15(2)3)18-14-16-11-7-6-8-12-16/h5-8,10-12H,1,9,13-14H2,2-4H3/t17-/m0/s1. The van der Waals surface area contributed by atoms with Gasteiger partial charge in [0.1, 0.15) is 0 Å². The Labute approximate surface area is 116 Å². The van der Waals surface area contributed by atoms with Gasteiger partial charge in [-0.25, -0.2) is 0 Å². The Morgan fingerprint density at radius 1 is 1.28 bits per heavy atom. The minimum atomic E-state index is 0.168. The molecule has 1 atom stereocenters. The number of hydrogen-bond acceptors (Lipinski definition) is 1. The molecular weight excluding hydrogens is 236 g/mol. The van der Waals surface area contributed by atoms with Crippen LogP contribution in [0.15, 0.2) is 54.6 Å². The Hall–Kier alpha value is -0.950. The molecule has 1 heteroatoms. The summed E-state index contributed by atoms with van der Waals surface area (Å²) in [6.07, 6.45) is 6.69. The lowest BCUT2D eigenvalue weighted by Crippen LogP contribution is -2.16. The molecule has 0 aliphatic carbocycles. The lowest BCUT2D eigenvalue weighted by Gasteiger charge is -2.24. The van der Waals surface area contributed by atoms with Crippen LogP contribution in [0.5, 0.6) is 0 Å². The van der Waals surface area contributed by atoms with Crippen molar-refractivity contribution >= 4 is 11.8 Å². The Morgan fingerprint density at radius 3 is 2.50 bits per heavy atom. The predicted molar refractivity (Wildman–Crippen MR) is 85.0 cm³/mol. The summed E-state index contributed by atoms with van der Waals surface area (Å²) in [5, 5.41) is 0. The maximum Gasteiger partial charge on any atom is 0.0314 e. The first-order valence-electron chi connectivity index (χ1n) is 6.50. The van der Waals surface area contributed by atoms with Gasteiger partial charge in [-0.05, 0) is 39.2 Å². The fourth-order valence-electron chi connectivity index (χ4n) is 1.70. The Kier molecular flexibility index (Phi) is 6.28. The molecule has 0 N–H and O–H groups in total. The first-order chi connectivity index (χ1) is 8.56. The van der Waals surface area contributed by atoms with Crippen molar-refractivity contribution in [3.8, 4) is 0 Å². The smallest absolute Gasteiger partial charge is 0.0314 e. The summed E-state index contributed by atoms with van der Waals surface area (Å²) in [6, 6.07) is 10.6. The SMILES string of the molecule is C=C[C@@](C)(CCC=C(C)C)SCc1ccccc1. The molecule has 1 aromatic rings. The van der Waals surface area contributed by atoms with Crippen LogP contribution >= 0.6 is 11.8 Å². The lowest BCUT2D eigenvalue weighted by molar-refractivity contribution is 0.707. The van der Waals surface area contributed by atoms with Crippen LogP contribution in [-0.2, 0) is 5.75 Å². The molecule has 0 fully saturated rings. The van der Waals surface area contributed by atoms with Crippen LogP contribution in [-0.4, -0.2) is 4.75 Å². The number of hydrogen-bond donors (Lipinski definition) is 0. The molecule has 0 nitrogen and oxygen atoms in total. The van der Waals surface area contributed by atoms with E-state index < -0.39 is 0 Å². The largest absolute Gasteiger partial charge is 0.146 e. The van der Waals surface area contributed by atoms with E-state index in [1.165, 1.54) is 11.1 Å². The third kappa shape index (κ3) is 5.59. The lowest BCUT2D eigenvalue weighted by atomic mass is 10.0. The highest BCUT2D eigenvalue weighted by atomic mass is 32.2. The zero-order valence-corrected chi connectivity index (χ0v) is 12.6. The van der Waals surface area contributed by atoms with Crippen molar-refractivity contribution in [2.45, 2.75) is 44.1 Å². The maximum atomic E-state index is 4.00. The summed E-state index contributed by atoms with van der Waals surface area (Å²) in [7, 11) is 0. The molecule has 0 saturated heterocycles. The first-order valence-corrected chi connectivity index (χ1v) is 7.49. The maximum absolute atomic E-state index is 4.00. The van der Waals surface area contributed by atoms with Crippen LogP contribution in [0.1, 0.15) is 39.2 Å². The number of thioether (sulfide) groups is 1. The third-order valence-corrected chi connectivity index (χ3v) is 4.54. The van der Waals surface area contributed by atoms with Crippen molar-refractivity contribution in [3.05, 3.63) is 60.2 Å². The van der Waals surface area contributed by atoms with Crippen LogP contribution in [0.2, 0.25) is 0 Å². The molecule has 0 radical (unpaired) electrons. The van der Waals surface area contributed by atoms with Gasteiger partial charge in [-0.2, -0.15) is 0 Å². The minimum absolute atomic E-state index is 0.168. The molecular formula is C17H24S. The third-order valence-electron chi connectivity index (χ3n) is 3.04. The molecule has 0 saturated carbocycles. The van der Waals surface area contributed by atoms with Gasteiger partial charge in [-0.1, -0.05) is 48.1 Å². The van der Waals surface area contributed by atoms with E-state index in [1.54, 1.807) is 0 Å². The first kappa shape index (κ1) is 15.1. The topological polar surface area (TPSA) is 0 Å². The van der Waals surface area contributed by atoms with E-state index in [0.29, 0.717) is 0 Å². The molecule has 0 spiro atoms. The normalized spacial score (nSPS) is 13.7. The average Bonchev–Trinajstić information content (AvgIpc) is 2.37. The molecule has 0 amide bonds. The number of allylic oxidation sites excluding steroid dienone is 2. The minimum Gasteiger partial charge on any atom is -0.146 e. The molecule has 1 aromatic carbocycles. The van der Waals surface area contributed by atoms with Crippen LogP contribution in [0.3, 0.4) is 0 Å². The number of benzene rings is 1. The van der Waals surface area contributed by atoms with Crippen LogP contribution in [0.25, 0.3) is 0 Å². The second-order valence-electron chi connectivity index (χ2n) is 5.11. The Bertz CT molecular complexity index is 387. The van der Waals surface area contributed by atoms with Gasteiger partial charge in [0.05, 0.1) is 0 Å². The number of rotatable bonds is 7. The van der Waals surface area contributed by atoms with Gasteiger partial charge >= 0.3 is 0 Å². The van der Waals surface area contributed by atoms with Crippen molar-refractivity contribution in [2.24, 2.45) is 0 Å². The Morgan fingerprint density at radius 2 is 1.94 bits per heavy atom. The van der Waals surface area contributed by atoms with Crippen molar-refractivity contribution in [1.29, 1.82) is 0 Å². The van der Waals surface area contributed by atoms with Crippen molar-refractivity contribution in [3.63, 3.8) is 0 Å². The molecule has 0 aromatic heterocycles. The molecule has 0 aliphatic rings. The predicted octanol–water partition coefficient (Wildman–Crippen LogP) is 5.61. The van der Waals surface area contributed by atoms with Gasteiger partial charge in [0.25, 0.3) is 0 Å². The monoisotopic (exact) mass is 260 g/mol. The fourth-order valence-corrected chi connectivity index (χ4v) is 2.77. The van der Waals surface area contributed by atoms with Gasteiger partial charge < -0.3 is 0 Å². The fraction of sp³-hybridized carbons (Fsp3) is 0.412. The van der Waals surface area contributed by atoms with E-state index in [4.69, 9.17) is 0 Å². The van der Waals surface area contributed by atoms with Gasteiger partial charge in [0.15, 0.2) is 0 Å². The highest BCUT2D eigenvalue weighted by Gasteiger charge is 2.19. The van der Waals surface area contributed by atoms with E-state index >= 15 is 0 Å². The molecule has 0 bridgehead atoms. The summed E-state index contributed by atoms with van der Waals surface area (Å²) in [4.78, 5) is 0. The average molecular weight is 260 g/mol. The molecule has 1 rings (SSSR count). The van der Waals surface area contributed by atoms with E-state index in [1.807, 2.05) is 11.8 Å². The zero-order chi connectivity index (χ0) is 13.4. The summed E-state index contributed by atoms with van der Waals surface area (Å²) in [6.45, 7) is 10.6. The molecule has 0 heterocycles. The zero-order valence-electron chi connectivity index (χ0n) is 11.8. The van der Waals surface area contributed by atoms with E-state index in [2.05, 4.69) is 69.8 Å². The molecule has 18 heavy (non-hydrogen) atoms. The molecule has 0 unspecified atom stereocenters. The van der Waals surface area contributed by atoms with Gasteiger partial charge in [-0.3, -0.25) is 0 Å². The van der Waals surface area contributed by atoms with Crippen molar-refractivity contribution in [1.82, 2.24) is 0 Å². The summed E-state index contributed by atoms with van der Waals surface area (Å²) < 4.78 is 0.168. The van der Waals surface area contributed by atoms with E-state index in [-0.39, 0.29) is 4.75 Å².